The van der Waals surface area contributed by atoms with E-state index in [2.05, 4.69) is 4.90 Å². The van der Waals surface area contributed by atoms with E-state index in [4.69, 9.17) is 14.7 Å². The number of hydrogen-bond acceptors (Lipinski definition) is 6. The van der Waals surface area contributed by atoms with Crippen LogP contribution in [0.15, 0.2) is 42.5 Å². The Hall–Kier alpha value is -3.57. The van der Waals surface area contributed by atoms with Crippen LogP contribution in [0.3, 0.4) is 0 Å². The van der Waals surface area contributed by atoms with Crippen LogP contribution in [0.5, 0.6) is 11.5 Å². The second kappa shape index (κ2) is 9.06. The zero-order valence-electron chi connectivity index (χ0n) is 17.4. The van der Waals surface area contributed by atoms with Crippen LogP contribution >= 0.6 is 0 Å². The number of anilines is 2. The van der Waals surface area contributed by atoms with Gasteiger partial charge in [-0.05, 0) is 62.3 Å². The molecular formula is C23H24N4O4. The van der Waals surface area contributed by atoms with Crippen molar-refractivity contribution < 1.29 is 19.1 Å². The molecule has 8 nitrogen and oxygen atoms in total. The van der Waals surface area contributed by atoms with Gasteiger partial charge < -0.3 is 9.47 Å². The number of rotatable bonds is 7. The van der Waals surface area contributed by atoms with Crippen molar-refractivity contribution in [1.82, 2.24) is 4.90 Å². The number of urea groups is 1. The molecule has 0 unspecified atom stereocenters. The lowest BCUT2D eigenvalue weighted by atomic mass is 10.2. The summed E-state index contributed by atoms with van der Waals surface area (Å²) >= 11 is 0. The molecule has 0 bridgehead atoms. The molecule has 0 aliphatic carbocycles. The van der Waals surface area contributed by atoms with Crippen molar-refractivity contribution in [3.8, 4) is 17.6 Å². The molecule has 2 saturated heterocycles. The second-order valence-corrected chi connectivity index (χ2v) is 7.49. The molecule has 0 spiro atoms. The lowest BCUT2D eigenvalue weighted by molar-refractivity contribution is -0.115. The van der Waals surface area contributed by atoms with Gasteiger partial charge in [0, 0.05) is 18.3 Å². The van der Waals surface area contributed by atoms with Gasteiger partial charge in [-0.3, -0.25) is 14.6 Å². The zero-order chi connectivity index (χ0) is 21.8. The van der Waals surface area contributed by atoms with Gasteiger partial charge in [0.15, 0.2) is 11.5 Å². The molecule has 0 N–H and O–H groups in total. The van der Waals surface area contributed by atoms with Gasteiger partial charge in [-0.2, -0.15) is 5.26 Å². The van der Waals surface area contributed by atoms with Crippen molar-refractivity contribution in [2.45, 2.75) is 12.8 Å². The quantitative estimate of drug-likeness (QED) is 0.640. The molecule has 2 aromatic carbocycles. The third-order valence-corrected chi connectivity index (χ3v) is 5.54. The Labute approximate surface area is 181 Å². The number of benzene rings is 2. The first-order valence-electron chi connectivity index (χ1n) is 10.3. The SMILES string of the molecule is COc1cc(N2CC(=O)N(c3ccc(C#N)cc3)C2=O)ccc1OCCN1CCCC1. The number of methoxy groups -OCH3 is 1. The molecule has 2 heterocycles. The minimum absolute atomic E-state index is 0.0723. The van der Waals surface area contributed by atoms with Gasteiger partial charge in [-0.1, -0.05) is 0 Å². The summed E-state index contributed by atoms with van der Waals surface area (Å²) in [7, 11) is 1.55. The first-order valence-corrected chi connectivity index (χ1v) is 10.3. The van der Waals surface area contributed by atoms with Gasteiger partial charge in [0.2, 0.25) is 0 Å². The number of likely N-dealkylation sites (tertiary alicyclic amines) is 1. The van der Waals surface area contributed by atoms with Crippen molar-refractivity contribution in [3.63, 3.8) is 0 Å². The predicted molar refractivity (Wildman–Crippen MR) is 116 cm³/mol. The van der Waals surface area contributed by atoms with Crippen molar-refractivity contribution >= 4 is 23.3 Å². The van der Waals surface area contributed by atoms with Crippen molar-refractivity contribution in [2.75, 3.05) is 49.7 Å². The largest absolute Gasteiger partial charge is 0.493 e. The Balaban J connectivity index is 1.47. The number of imide groups is 1. The summed E-state index contributed by atoms with van der Waals surface area (Å²) in [5, 5.41) is 8.94. The Morgan fingerprint density at radius 2 is 1.71 bits per heavy atom. The van der Waals surface area contributed by atoms with Crippen LogP contribution in [0.2, 0.25) is 0 Å². The van der Waals surface area contributed by atoms with Gasteiger partial charge in [0.05, 0.1) is 24.4 Å². The molecule has 3 amide bonds. The van der Waals surface area contributed by atoms with Crippen LogP contribution in [0.4, 0.5) is 16.2 Å². The Morgan fingerprint density at radius 1 is 1.00 bits per heavy atom. The number of carbonyl (C=O) groups is 2. The van der Waals surface area contributed by atoms with E-state index in [-0.39, 0.29) is 12.5 Å². The van der Waals surface area contributed by atoms with Gasteiger partial charge >= 0.3 is 6.03 Å². The Bertz CT molecular complexity index is 1010. The van der Waals surface area contributed by atoms with E-state index in [0.29, 0.717) is 35.0 Å². The molecule has 8 heteroatoms. The van der Waals surface area contributed by atoms with E-state index in [1.54, 1.807) is 49.6 Å². The average Bonchev–Trinajstić information content (AvgIpc) is 3.41. The molecule has 2 aliphatic rings. The van der Waals surface area contributed by atoms with Crippen LogP contribution in [-0.4, -0.2) is 56.7 Å². The number of carbonyl (C=O) groups excluding carboxylic acids is 2. The van der Waals surface area contributed by atoms with Gasteiger partial charge in [0.25, 0.3) is 5.91 Å². The van der Waals surface area contributed by atoms with Gasteiger partial charge in [-0.25, -0.2) is 9.69 Å². The highest BCUT2D eigenvalue weighted by Crippen LogP contribution is 2.34. The fourth-order valence-electron chi connectivity index (χ4n) is 3.88. The first kappa shape index (κ1) is 20.7. The molecule has 2 aromatic rings. The maximum absolute atomic E-state index is 13.0. The van der Waals surface area contributed by atoms with Crippen LogP contribution in [0.1, 0.15) is 18.4 Å². The summed E-state index contributed by atoms with van der Waals surface area (Å²) in [5.41, 5.74) is 1.45. The van der Waals surface area contributed by atoms with Crippen molar-refractivity contribution in [3.05, 3.63) is 48.0 Å². The number of ether oxygens (including phenoxy) is 2. The smallest absolute Gasteiger partial charge is 0.336 e. The Kier molecular flexibility index (Phi) is 6.05. The molecule has 2 fully saturated rings. The fraction of sp³-hybridized carbons (Fsp3) is 0.348. The number of nitrogens with zero attached hydrogens (tertiary/aromatic N) is 4. The summed E-state index contributed by atoms with van der Waals surface area (Å²) in [6.07, 6.45) is 2.47. The second-order valence-electron chi connectivity index (χ2n) is 7.49. The molecule has 0 aromatic heterocycles. The number of nitriles is 1. The standard InChI is InChI=1S/C23H24N4O4/c1-30-21-14-19(8-9-20(21)31-13-12-25-10-2-3-11-25)26-16-22(28)27(23(26)29)18-6-4-17(15-24)5-7-18/h4-9,14H,2-3,10-13,16H2,1H3. The fourth-order valence-corrected chi connectivity index (χ4v) is 3.88. The first-order chi connectivity index (χ1) is 15.1. The highest BCUT2D eigenvalue weighted by atomic mass is 16.5. The lowest BCUT2D eigenvalue weighted by Gasteiger charge is -2.20. The molecule has 31 heavy (non-hydrogen) atoms. The molecule has 0 atom stereocenters. The summed E-state index contributed by atoms with van der Waals surface area (Å²) < 4.78 is 11.4. The van der Waals surface area contributed by atoms with Crippen LogP contribution < -0.4 is 19.3 Å². The third kappa shape index (κ3) is 4.32. The third-order valence-electron chi connectivity index (χ3n) is 5.54. The molecule has 0 radical (unpaired) electrons. The zero-order valence-corrected chi connectivity index (χ0v) is 17.4. The maximum Gasteiger partial charge on any atom is 0.336 e. The van der Waals surface area contributed by atoms with E-state index < -0.39 is 6.03 Å². The lowest BCUT2D eigenvalue weighted by Crippen LogP contribution is -2.33. The molecule has 160 valence electrons. The predicted octanol–water partition coefficient (Wildman–Crippen LogP) is 3.01. The minimum Gasteiger partial charge on any atom is -0.493 e. The van der Waals surface area contributed by atoms with Crippen molar-refractivity contribution in [1.29, 1.82) is 5.26 Å². The molecular weight excluding hydrogens is 396 g/mol. The number of amides is 3. The topological polar surface area (TPSA) is 86.1 Å². The highest BCUT2D eigenvalue weighted by molar-refractivity contribution is 6.27. The van der Waals surface area contributed by atoms with E-state index >= 15 is 0 Å². The van der Waals surface area contributed by atoms with Gasteiger partial charge in [0.1, 0.15) is 13.2 Å². The normalized spacial score (nSPS) is 16.6. The Morgan fingerprint density at radius 3 is 2.39 bits per heavy atom. The van der Waals surface area contributed by atoms with Crippen LogP contribution in [0.25, 0.3) is 0 Å². The van der Waals surface area contributed by atoms with E-state index in [1.165, 1.54) is 17.7 Å². The van der Waals surface area contributed by atoms with Crippen molar-refractivity contribution in [2.24, 2.45) is 0 Å². The maximum atomic E-state index is 13.0. The summed E-state index contributed by atoms with van der Waals surface area (Å²) in [5.74, 6) is 0.781. The molecule has 0 saturated carbocycles. The minimum atomic E-state index is -0.445. The van der Waals surface area contributed by atoms with Crippen LogP contribution in [-0.2, 0) is 4.79 Å². The average molecular weight is 420 g/mol. The van der Waals surface area contributed by atoms with E-state index in [1.807, 2.05) is 6.07 Å². The molecule has 2 aliphatic heterocycles. The molecule has 4 rings (SSSR count). The highest BCUT2D eigenvalue weighted by Gasteiger charge is 2.38. The van der Waals surface area contributed by atoms with E-state index in [9.17, 15) is 9.59 Å². The van der Waals surface area contributed by atoms with Crippen LogP contribution in [0, 0.1) is 11.3 Å². The van der Waals surface area contributed by atoms with Gasteiger partial charge in [-0.15, -0.1) is 0 Å². The summed E-state index contributed by atoms with van der Waals surface area (Å²) in [6, 6.07) is 13.1. The summed E-state index contributed by atoms with van der Waals surface area (Å²) in [6.45, 7) is 3.57. The monoisotopic (exact) mass is 420 g/mol. The number of hydrogen-bond donors (Lipinski definition) is 0. The summed E-state index contributed by atoms with van der Waals surface area (Å²) in [4.78, 5) is 30.4. The van der Waals surface area contributed by atoms with E-state index in [0.717, 1.165) is 24.5 Å².